The van der Waals surface area contributed by atoms with Crippen LogP contribution in [0.25, 0.3) is 16.9 Å². The topological polar surface area (TPSA) is 81.4 Å². The molecule has 0 aliphatic heterocycles. The predicted molar refractivity (Wildman–Crippen MR) is 114 cm³/mol. The van der Waals surface area contributed by atoms with Gasteiger partial charge in [0.1, 0.15) is 5.75 Å². The Hall–Kier alpha value is -3.74. The second kappa shape index (κ2) is 8.73. The Morgan fingerprint density at radius 3 is 2.70 bits per heavy atom. The Bertz CT molecular complexity index is 1170. The van der Waals surface area contributed by atoms with Crippen molar-refractivity contribution >= 4 is 11.6 Å². The molecule has 2 heterocycles. The van der Waals surface area contributed by atoms with Crippen molar-refractivity contribution in [2.45, 2.75) is 26.3 Å². The highest BCUT2D eigenvalue weighted by Crippen LogP contribution is 2.18. The molecule has 0 atom stereocenters. The fourth-order valence-electron chi connectivity index (χ4n) is 3.17. The van der Waals surface area contributed by atoms with Crippen LogP contribution in [0.15, 0.2) is 60.7 Å². The highest BCUT2D eigenvalue weighted by atomic mass is 16.5. The summed E-state index contributed by atoms with van der Waals surface area (Å²) in [5.74, 6) is 1.33. The highest BCUT2D eigenvalue weighted by Gasteiger charge is 2.10. The van der Waals surface area contributed by atoms with E-state index < -0.39 is 0 Å². The maximum Gasteiger partial charge on any atom is 0.220 e. The van der Waals surface area contributed by atoms with Gasteiger partial charge in [-0.05, 0) is 43.2 Å². The third kappa shape index (κ3) is 4.46. The van der Waals surface area contributed by atoms with Gasteiger partial charge in [0.15, 0.2) is 11.5 Å². The average molecular weight is 401 g/mol. The van der Waals surface area contributed by atoms with Gasteiger partial charge < -0.3 is 10.1 Å². The van der Waals surface area contributed by atoms with Gasteiger partial charge in [-0.3, -0.25) is 4.79 Å². The number of nitrogens with one attached hydrogen (secondary N) is 1. The van der Waals surface area contributed by atoms with E-state index in [-0.39, 0.29) is 12.5 Å². The minimum atomic E-state index is -0.0516. The summed E-state index contributed by atoms with van der Waals surface area (Å²) >= 11 is 0. The number of fused-ring (bicyclic) bond motifs is 1. The average Bonchev–Trinajstić information content (AvgIpc) is 3.19. The molecular formula is C23H23N5O2. The molecule has 0 saturated carbocycles. The van der Waals surface area contributed by atoms with Crippen LogP contribution in [0.5, 0.6) is 5.75 Å². The van der Waals surface area contributed by atoms with Crippen molar-refractivity contribution in [3.05, 3.63) is 77.6 Å². The number of nitrogens with zero attached hydrogens (tertiary/aromatic N) is 4. The first-order valence-corrected chi connectivity index (χ1v) is 9.80. The van der Waals surface area contributed by atoms with Gasteiger partial charge >= 0.3 is 0 Å². The van der Waals surface area contributed by atoms with Crippen LogP contribution in [0.3, 0.4) is 0 Å². The molecule has 0 saturated heterocycles. The molecule has 0 spiro atoms. The van der Waals surface area contributed by atoms with E-state index in [2.05, 4.69) is 39.7 Å². The normalized spacial score (nSPS) is 10.9. The number of aromatic nitrogens is 4. The Morgan fingerprint density at radius 1 is 1.07 bits per heavy atom. The number of hydrogen-bond acceptors (Lipinski definition) is 5. The summed E-state index contributed by atoms with van der Waals surface area (Å²) in [6.45, 7) is 2.32. The largest absolute Gasteiger partial charge is 0.497 e. The zero-order valence-electron chi connectivity index (χ0n) is 17.0. The van der Waals surface area contributed by atoms with Crippen LogP contribution in [0.2, 0.25) is 0 Å². The number of ether oxygens (including phenoxy) is 1. The summed E-state index contributed by atoms with van der Waals surface area (Å²) in [5, 5.41) is 15.9. The maximum absolute atomic E-state index is 12.3. The number of methoxy groups -OCH3 is 1. The smallest absolute Gasteiger partial charge is 0.220 e. The van der Waals surface area contributed by atoms with E-state index in [0.29, 0.717) is 24.3 Å². The van der Waals surface area contributed by atoms with E-state index in [0.717, 1.165) is 22.6 Å². The number of benzene rings is 2. The molecule has 7 heteroatoms. The lowest BCUT2D eigenvalue weighted by atomic mass is 10.1. The molecular weight excluding hydrogens is 378 g/mol. The van der Waals surface area contributed by atoms with Crippen molar-refractivity contribution in [1.29, 1.82) is 0 Å². The number of hydrogen-bond donors (Lipinski definition) is 1. The molecule has 0 radical (unpaired) electrons. The number of rotatable bonds is 7. The monoisotopic (exact) mass is 401 g/mol. The number of carbonyl (C=O) groups excluding carboxylic acids is 1. The molecule has 0 unspecified atom stereocenters. The van der Waals surface area contributed by atoms with Crippen LogP contribution >= 0.6 is 0 Å². The lowest BCUT2D eigenvalue weighted by molar-refractivity contribution is -0.121. The maximum atomic E-state index is 12.3. The Kier molecular flexibility index (Phi) is 5.70. The van der Waals surface area contributed by atoms with Gasteiger partial charge in [-0.15, -0.1) is 10.2 Å². The van der Waals surface area contributed by atoms with Crippen LogP contribution in [0.4, 0.5) is 0 Å². The zero-order valence-corrected chi connectivity index (χ0v) is 17.0. The highest BCUT2D eigenvalue weighted by molar-refractivity contribution is 5.76. The Morgan fingerprint density at radius 2 is 1.90 bits per heavy atom. The first-order chi connectivity index (χ1) is 14.6. The molecule has 2 aromatic carbocycles. The summed E-state index contributed by atoms with van der Waals surface area (Å²) in [6, 6.07) is 19.7. The molecule has 30 heavy (non-hydrogen) atoms. The van der Waals surface area contributed by atoms with Crippen LogP contribution in [0.1, 0.15) is 23.4 Å². The fraction of sp³-hybridized carbons (Fsp3) is 0.217. The summed E-state index contributed by atoms with van der Waals surface area (Å²) < 4.78 is 6.90. The molecule has 1 N–H and O–H groups in total. The minimum absolute atomic E-state index is 0.0516. The second-order valence-electron chi connectivity index (χ2n) is 7.10. The number of aryl methyl sites for hydroxylation is 2. The van der Waals surface area contributed by atoms with Crippen molar-refractivity contribution in [2.75, 3.05) is 7.11 Å². The number of amides is 1. The number of carbonyl (C=O) groups is 1. The molecule has 152 valence electrons. The van der Waals surface area contributed by atoms with Gasteiger partial charge in [-0.2, -0.15) is 9.61 Å². The lowest BCUT2D eigenvalue weighted by Crippen LogP contribution is -2.24. The first kappa shape index (κ1) is 19.6. The Labute approximate surface area is 174 Å². The lowest BCUT2D eigenvalue weighted by Gasteiger charge is -2.06. The summed E-state index contributed by atoms with van der Waals surface area (Å²) in [6.07, 6.45) is 1.02. The molecule has 4 aromatic rings. The van der Waals surface area contributed by atoms with Gasteiger partial charge in [-0.25, -0.2) is 0 Å². The van der Waals surface area contributed by atoms with Gasteiger partial charge in [0.05, 0.1) is 19.3 Å². The minimum Gasteiger partial charge on any atom is -0.497 e. The summed E-state index contributed by atoms with van der Waals surface area (Å²) in [7, 11) is 1.63. The van der Waals surface area contributed by atoms with Crippen LogP contribution in [-0.2, 0) is 17.8 Å². The molecule has 2 aromatic heterocycles. The van der Waals surface area contributed by atoms with Crippen molar-refractivity contribution < 1.29 is 9.53 Å². The molecule has 1 amide bonds. The SMILES string of the molecule is COc1cccc(CCC(=O)NCc2nnc3ccc(-c4ccc(C)cc4)nn23)c1. The van der Waals surface area contributed by atoms with Gasteiger partial charge in [-0.1, -0.05) is 42.0 Å². The van der Waals surface area contributed by atoms with E-state index in [1.807, 2.05) is 48.5 Å². The van der Waals surface area contributed by atoms with E-state index >= 15 is 0 Å². The Balaban J connectivity index is 1.41. The third-order valence-electron chi connectivity index (χ3n) is 4.89. The first-order valence-electron chi connectivity index (χ1n) is 9.80. The fourth-order valence-corrected chi connectivity index (χ4v) is 3.17. The standard InChI is InChI=1S/C23H23N5O2/c1-16-6-9-18(10-7-16)20-11-12-21-25-26-22(28(21)27-20)15-24-23(29)13-8-17-4-3-5-19(14-17)30-2/h3-7,9-12,14H,8,13,15H2,1-2H3,(H,24,29). The van der Waals surface area contributed by atoms with Gasteiger partial charge in [0.2, 0.25) is 5.91 Å². The van der Waals surface area contributed by atoms with Crippen LogP contribution in [-0.4, -0.2) is 32.8 Å². The van der Waals surface area contributed by atoms with E-state index in [1.54, 1.807) is 11.6 Å². The zero-order chi connectivity index (χ0) is 20.9. The molecule has 0 bridgehead atoms. The summed E-state index contributed by atoms with van der Waals surface area (Å²) in [5.41, 5.74) is 4.74. The molecule has 0 aliphatic rings. The van der Waals surface area contributed by atoms with E-state index in [1.165, 1.54) is 5.56 Å². The van der Waals surface area contributed by atoms with E-state index in [4.69, 9.17) is 4.74 Å². The molecule has 0 aliphatic carbocycles. The third-order valence-corrected chi connectivity index (χ3v) is 4.89. The van der Waals surface area contributed by atoms with Crippen molar-refractivity contribution in [3.8, 4) is 17.0 Å². The van der Waals surface area contributed by atoms with Gasteiger partial charge in [0, 0.05) is 12.0 Å². The van der Waals surface area contributed by atoms with Crippen molar-refractivity contribution in [1.82, 2.24) is 25.1 Å². The van der Waals surface area contributed by atoms with Crippen molar-refractivity contribution in [2.24, 2.45) is 0 Å². The van der Waals surface area contributed by atoms with Crippen molar-refractivity contribution in [3.63, 3.8) is 0 Å². The predicted octanol–water partition coefficient (Wildman–Crippen LogP) is 3.36. The second-order valence-corrected chi connectivity index (χ2v) is 7.10. The quantitative estimate of drug-likeness (QED) is 0.514. The molecule has 4 rings (SSSR count). The molecule has 0 fully saturated rings. The molecule has 7 nitrogen and oxygen atoms in total. The van der Waals surface area contributed by atoms with Crippen LogP contribution < -0.4 is 10.1 Å². The van der Waals surface area contributed by atoms with Gasteiger partial charge in [0.25, 0.3) is 0 Å². The van der Waals surface area contributed by atoms with E-state index in [9.17, 15) is 4.79 Å². The summed E-state index contributed by atoms with van der Waals surface area (Å²) in [4.78, 5) is 12.3. The van der Waals surface area contributed by atoms with Crippen LogP contribution in [0, 0.1) is 6.92 Å².